The molecule has 4 heteroatoms. The molecule has 2 nitrogen and oxygen atoms in total. The molecule has 0 unspecified atom stereocenters. The summed E-state index contributed by atoms with van der Waals surface area (Å²) in [4.78, 5) is 2.64. The fraction of sp³-hybridized carbons (Fsp3) is 0.727. The Hall–Kier alpha value is -0.450. The molecule has 2 aliphatic rings. The predicted octanol–water partition coefficient (Wildman–Crippen LogP) is 5.42. The minimum Gasteiger partial charge on any atom is -0.396 e. The van der Waals surface area contributed by atoms with Crippen LogP contribution < -0.4 is 0 Å². The highest BCUT2D eigenvalue weighted by Gasteiger charge is 2.23. The predicted molar refractivity (Wildman–Crippen MR) is 109 cm³/mol. The van der Waals surface area contributed by atoms with E-state index in [0.29, 0.717) is 12.5 Å². The van der Waals surface area contributed by atoms with Gasteiger partial charge in [0.15, 0.2) is 0 Å². The molecule has 1 aromatic rings. The number of hydrogen-bond acceptors (Lipinski definition) is 2. The van der Waals surface area contributed by atoms with Gasteiger partial charge < -0.3 is 10.0 Å². The van der Waals surface area contributed by atoms with Gasteiger partial charge >= 0.3 is 0 Å². The van der Waals surface area contributed by atoms with Crippen molar-refractivity contribution >= 4 is 15.9 Å². The van der Waals surface area contributed by atoms with Crippen molar-refractivity contribution in [1.82, 2.24) is 4.90 Å². The standard InChI is InChI=1S/C22H33BrFNO/c23-22-6-5-21(24)16-20(22)15-19-8-12-25(13-9-19)11-7-17-1-3-18(4-2-17)10-14-26/h5-6,16-19,26H,1-4,7-15H2. The van der Waals surface area contributed by atoms with Gasteiger partial charge in [0.2, 0.25) is 0 Å². The van der Waals surface area contributed by atoms with E-state index in [9.17, 15) is 4.39 Å². The average Bonchev–Trinajstić information content (AvgIpc) is 2.65. The number of aliphatic hydroxyl groups is 1. The zero-order chi connectivity index (χ0) is 18.4. The molecule has 0 spiro atoms. The van der Waals surface area contributed by atoms with E-state index in [0.717, 1.165) is 34.7 Å². The van der Waals surface area contributed by atoms with Crippen LogP contribution in [-0.2, 0) is 6.42 Å². The third kappa shape index (κ3) is 6.03. The summed E-state index contributed by atoms with van der Waals surface area (Å²) in [5.74, 6) is 2.22. The Kier molecular flexibility index (Phi) is 7.95. The van der Waals surface area contributed by atoms with Crippen LogP contribution in [0.25, 0.3) is 0 Å². The normalized spacial score (nSPS) is 25.5. The maximum atomic E-state index is 13.5. The number of benzene rings is 1. The maximum absolute atomic E-state index is 13.5. The van der Waals surface area contributed by atoms with Crippen LogP contribution in [0.3, 0.4) is 0 Å². The summed E-state index contributed by atoms with van der Waals surface area (Å²) in [6, 6.07) is 5.03. The summed E-state index contributed by atoms with van der Waals surface area (Å²) in [7, 11) is 0. The molecule has 3 rings (SSSR count). The van der Waals surface area contributed by atoms with Gasteiger partial charge in [-0.05, 0) is 93.3 Å². The first-order valence-electron chi connectivity index (χ1n) is 10.4. The lowest BCUT2D eigenvalue weighted by molar-refractivity contribution is 0.155. The van der Waals surface area contributed by atoms with Gasteiger partial charge in [0.25, 0.3) is 0 Å². The third-order valence-corrected chi connectivity index (χ3v) is 7.35. The highest BCUT2D eigenvalue weighted by Crippen LogP contribution is 2.33. The number of rotatable bonds is 7. The highest BCUT2D eigenvalue weighted by molar-refractivity contribution is 9.10. The Balaban J connectivity index is 1.35. The number of hydrogen-bond donors (Lipinski definition) is 1. The fourth-order valence-electron chi connectivity index (χ4n) is 4.78. The van der Waals surface area contributed by atoms with E-state index in [1.807, 2.05) is 6.07 Å². The first-order chi connectivity index (χ1) is 12.6. The van der Waals surface area contributed by atoms with Crippen LogP contribution in [0.1, 0.15) is 56.9 Å². The van der Waals surface area contributed by atoms with Gasteiger partial charge in [-0.15, -0.1) is 0 Å². The topological polar surface area (TPSA) is 23.5 Å². The van der Waals surface area contributed by atoms with Gasteiger partial charge in [0.05, 0.1) is 0 Å². The van der Waals surface area contributed by atoms with Gasteiger partial charge in [-0.1, -0.05) is 41.6 Å². The lowest BCUT2D eigenvalue weighted by atomic mass is 9.79. The maximum Gasteiger partial charge on any atom is 0.123 e. The van der Waals surface area contributed by atoms with Crippen molar-refractivity contribution in [2.45, 2.75) is 57.8 Å². The number of nitrogens with zero attached hydrogens (tertiary/aromatic N) is 1. The second-order valence-corrected chi connectivity index (χ2v) is 9.27. The molecule has 0 atom stereocenters. The second-order valence-electron chi connectivity index (χ2n) is 8.41. The van der Waals surface area contributed by atoms with Crippen molar-refractivity contribution < 1.29 is 9.50 Å². The molecule has 1 heterocycles. The van der Waals surface area contributed by atoms with Crippen LogP contribution in [0.4, 0.5) is 4.39 Å². The first-order valence-corrected chi connectivity index (χ1v) is 11.2. The largest absolute Gasteiger partial charge is 0.396 e. The van der Waals surface area contributed by atoms with Gasteiger partial charge in [-0.2, -0.15) is 0 Å². The number of likely N-dealkylation sites (tertiary alicyclic amines) is 1. The molecule has 0 radical (unpaired) electrons. The molecule has 0 aromatic heterocycles. The number of halogens is 2. The first kappa shape index (κ1) is 20.3. The highest BCUT2D eigenvalue weighted by atomic mass is 79.9. The van der Waals surface area contributed by atoms with Crippen molar-refractivity contribution in [2.75, 3.05) is 26.2 Å². The molecule has 2 fully saturated rings. The second kappa shape index (κ2) is 10.2. The molecule has 1 N–H and O–H groups in total. The Labute approximate surface area is 166 Å². The van der Waals surface area contributed by atoms with Gasteiger partial charge in [0, 0.05) is 11.1 Å². The molecule has 0 amide bonds. The van der Waals surface area contributed by atoms with Gasteiger partial charge in [-0.3, -0.25) is 0 Å². The molecule has 1 aliphatic carbocycles. The van der Waals surface area contributed by atoms with Crippen molar-refractivity contribution in [1.29, 1.82) is 0 Å². The lowest BCUT2D eigenvalue weighted by Gasteiger charge is -2.34. The Morgan fingerprint density at radius 3 is 2.27 bits per heavy atom. The minimum atomic E-state index is -0.130. The van der Waals surface area contributed by atoms with E-state index in [1.165, 1.54) is 70.6 Å². The zero-order valence-electron chi connectivity index (χ0n) is 15.8. The monoisotopic (exact) mass is 425 g/mol. The van der Waals surface area contributed by atoms with Crippen molar-refractivity contribution in [2.24, 2.45) is 17.8 Å². The Morgan fingerprint density at radius 2 is 1.62 bits per heavy atom. The summed E-state index contributed by atoms with van der Waals surface area (Å²) >= 11 is 3.56. The van der Waals surface area contributed by atoms with E-state index in [-0.39, 0.29) is 5.82 Å². The third-order valence-electron chi connectivity index (χ3n) is 6.58. The smallest absolute Gasteiger partial charge is 0.123 e. The molecule has 1 aliphatic heterocycles. The molecule has 1 saturated heterocycles. The van der Waals surface area contributed by atoms with Crippen LogP contribution in [0.2, 0.25) is 0 Å². The lowest BCUT2D eigenvalue weighted by Crippen LogP contribution is -2.36. The SMILES string of the molecule is OCCC1CCC(CCN2CCC(Cc3cc(F)ccc3Br)CC2)CC1. The Morgan fingerprint density at radius 1 is 0.962 bits per heavy atom. The summed E-state index contributed by atoms with van der Waals surface area (Å²) in [6.07, 6.45) is 11.1. The molecule has 1 aromatic carbocycles. The Bertz CT molecular complexity index is 551. The molecule has 26 heavy (non-hydrogen) atoms. The van der Waals surface area contributed by atoms with Crippen molar-refractivity contribution in [3.05, 3.63) is 34.1 Å². The summed E-state index contributed by atoms with van der Waals surface area (Å²) in [5.41, 5.74) is 1.11. The minimum absolute atomic E-state index is 0.130. The van der Waals surface area contributed by atoms with Crippen LogP contribution >= 0.6 is 15.9 Å². The quantitative estimate of drug-likeness (QED) is 0.629. The number of piperidine rings is 1. The molecule has 146 valence electrons. The van der Waals surface area contributed by atoms with Crippen LogP contribution in [0.5, 0.6) is 0 Å². The van der Waals surface area contributed by atoms with Gasteiger partial charge in [-0.25, -0.2) is 4.39 Å². The van der Waals surface area contributed by atoms with Gasteiger partial charge in [0.1, 0.15) is 5.82 Å². The van der Waals surface area contributed by atoms with Crippen LogP contribution in [0.15, 0.2) is 22.7 Å². The molecular weight excluding hydrogens is 393 g/mol. The van der Waals surface area contributed by atoms with E-state index < -0.39 is 0 Å². The van der Waals surface area contributed by atoms with E-state index in [2.05, 4.69) is 20.8 Å². The van der Waals surface area contributed by atoms with Crippen molar-refractivity contribution in [3.63, 3.8) is 0 Å². The summed E-state index contributed by atoms with van der Waals surface area (Å²) in [5, 5.41) is 9.07. The van der Waals surface area contributed by atoms with E-state index in [4.69, 9.17) is 5.11 Å². The van der Waals surface area contributed by atoms with E-state index >= 15 is 0 Å². The molecule has 1 saturated carbocycles. The van der Waals surface area contributed by atoms with Crippen molar-refractivity contribution in [3.8, 4) is 0 Å². The molecule has 0 bridgehead atoms. The zero-order valence-corrected chi connectivity index (χ0v) is 17.4. The van der Waals surface area contributed by atoms with Crippen LogP contribution in [-0.4, -0.2) is 36.2 Å². The van der Waals surface area contributed by atoms with Crippen LogP contribution in [0, 0.1) is 23.6 Å². The molecular formula is C22H33BrFNO. The fourth-order valence-corrected chi connectivity index (χ4v) is 5.19. The number of aliphatic hydroxyl groups excluding tert-OH is 1. The van der Waals surface area contributed by atoms with E-state index in [1.54, 1.807) is 6.07 Å². The summed E-state index contributed by atoms with van der Waals surface area (Å²) in [6.45, 7) is 3.98. The average molecular weight is 426 g/mol. The summed E-state index contributed by atoms with van der Waals surface area (Å²) < 4.78 is 14.5.